The summed E-state index contributed by atoms with van der Waals surface area (Å²) in [6.45, 7) is 3.68. The largest absolute Gasteiger partial charge is 0.461 e. The van der Waals surface area contributed by atoms with Crippen molar-refractivity contribution in [1.82, 2.24) is 9.97 Å². The van der Waals surface area contributed by atoms with E-state index in [1.165, 1.54) is 0 Å². The molecule has 3 aromatic rings. The van der Waals surface area contributed by atoms with Crippen LogP contribution in [-0.2, 0) is 16.0 Å². The van der Waals surface area contributed by atoms with Gasteiger partial charge in [0.2, 0.25) is 0 Å². The zero-order chi connectivity index (χ0) is 19.1. The predicted octanol–water partition coefficient (Wildman–Crippen LogP) is 4.12. The average molecular weight is 361 g/mol. The number of carbonyl (C=O) groups excluding carboxylic acids is 1. The number of anilines is 1. The van der Waals surface area contributed by atoms with Crippen LogP contribution in [0.5, 0.6) is 0 Å². The first kappa shape index (κ1) is 18.6. The smallest absolute Gasteiger partial charge is 0.329 e. The third kappa shape index (κ3) is 5.38. The van der Waals surface area contributed by atoms with Crippen molar-refractivity contribution < 1.29 is 9.53 Å². The van der Waals surface area contributed by atoms with Gasteiger partial charge in [0.1, 0.15) is 11.9 Å². The maximum atomic E-state index is 12.5. The molecule has 0 radical (unpaired) electrons. The number of aromatic nitrogens is 2. The number of hydrogen-bond donors (Lipinski definition) is 1. The minimum Gasteiger partial charge on any atom is -0.461 e. The van der Waals surface area contributed by atoms with Crippen LogP contribution < -0.4 is 5.32 Å². The highest BCUT2D eigenvalue weighted by molar-refractivity contribution is 5.79. The minimum atomic E-state index is -0.535. The van der Waals surface area contributed by atoms with E-state index in [9.17, 15) is 4.79 Å². The van der Waals surface area contributed by atoms with Crippen LogP contribution in [0.25, 0.3) is 11.3 Å². The van der Waals surface area contributed by atoms with Crippen LogP contribution in [0.3, 0.4) is 0 Å². The second kappa shape index (κ2) is 8.94. The van der Waals surface area contributed by atoms with Crippen molar-refractivity contribution >= 4 is 11.8 Å². The van der Waals surface area contributed by atoms with E-state index in [0.717, 1.165) is 16.8 Å². The van der Waals surface area contributed by atoms with E-state index >= 15 is 0 Å². The van der Waals surface area contributed by atoms with Gasteiger partial charge in [-0.05, 0) is 19.4 Å². The summed E-state index contributed by atoms with van der Waals surface area (Å²) in [5, 5.41) is 3.16. The van der Waals surface area contributed by atoms with Gasteiger partial charge in [0.05, 0.1) is 24.2 Å². The molecule has 5 nitrogen and oxygen atoms in total. The number of rotatable bonds is 7. The van der Waals surface area contributed by atoms with E-state index in [-0.39, 0.29) is 12.1 Å². The van der Waals surface area contributed by atoms with Gasteiger partial charge in [-0.3, -0.25) is 4.98 Å². The van der Waals surface area contributed by atoms with Crippen LogP contribution in [0, 0.1) is 0 Å². The Labute approximate surface area is 159 Å². The molecule has 5 heteroatoms. The highest BCUT2D eigenvalue weighted by Gasteiger charge is 2.22. The maximum Gasteiger partial charge on any atom is 0.329 e. The first-order valence-corrected chi connectivity index (χ1v) is 9.00. The van der Waals surface area contributed by atoms with Gasteiger partial charge in [0.15, 0.2) is 0 Å². The van der Waals surface area contributed by atoms with Crippen molar-refractivity contribution in [1.29, 1.82) is 0 Å². The van der Waals surface area contributed by atoms with E-state index in [2.05, 4.69) is 15.3 Å². The normalized spacial score (nSPS) is 11.8. The van der Waals surface area contributed by atoms with Crippen molar-refractivity contribution in [2.45, 2.75) is 32.4 Å². The standard InChI is InChI=1S/C22H23N3O2/c1-16(2)27-22(26)19(13-17-9-5-3-6-10-17)25-21-15-23-20(14-24-21)18-11-7-4-8-12-18/h3-12,14-16,19H,13H2,1-2H3,(H,24,25)/t19-/m0/s1. The molecule has 0 unspecified atom stereocenters. The molecule has 1 atom stereocenters. The van der Waals surface area contributed by atoms with E-state index in [4.69, 9.17) is 4.74 Å². The highest BCUT2D eigenvalue weighted by Crippen LogP contribution is 2.17. The van der Waals surface area contributed by atoms with E-state index < -0.39 is 6.04 Å². The number of ether oxygens (including phenoxy) is 1. The highest BCUT2D eigenvalue weighted by atomic mass is 16.5. The lowest BCUT2D eigenvalue weighted by Gasteiger charge is -2.19. The summed E-state index contributed by atoms with van der Waals surface area (Å²) in [6.07, 6.45) is 3.67. The molecule has 0 fully saturated rings. The SMILES string of the molecule is CC(C)OC(=O)[C@H](Cc1ccccc1)Nc1cnc(-c2ccccc2)cn1. The second-order valence-electron chi connectivity index (χ2n) is 6.53. The third-order valence-corrected chi connectivity index (χ3v) is 3.96. The lowest BCUT2D eigenvalue weighted by molar-refractivity contribution is -0.148. The van der Waals surface area contributed by atoms with Crippen LogP contribution in [0.4, 0.5) is 5.82 Å². The number of nitrogens with zero attached hydrogens (tertiary/aromatic N) is 2. The number of benzene rings is 2. The van der Waals surface area contributed by atoms with Gasteiger partial charge in [-0.15, -0.1) is 0 Å². The Morgan fingerprint density at radius 3 is 2.22 bits per heavy atom. The van der Waals surface area contributed by atoms with Gasteiger partial charge in [-0.25, -0.2) is 9.78 Å². The Hall–Kier alpha value is -3.21. The molecule has 1 aromatic heterocycles. The fraction of sp³-hybridized carbons (Fsp3) is 0.227. The molecule has 1 heterocycles. The molecule has 0 spiro atoms. The monoisotopic (exact) mass is 361 g/mol. The Kier molecular flexibility index (Phi) is 6.15. The Bertz CT molecular complexity index is 850. The van der Waals surface area contributed by atoms with Crippen LogP contribution in [0.15, 0.2) is 73.1 Å². The zero-order valence-corrected chi connectivity index (χ0v) is 15.5. The quantitative estimate of drug-likeness (QED) is 0.641. The van der Waals surface area contributed by atoms with Crippen molar-refractivity contribution in [2.24, 2.45) is 0 Å². The van der Waals surface area contributed by atoms with Gasteiger partial charge < -0.3 is 10.1 Å². The fourth-order valence-corrected chi connectivity index (χ4v) is 2.70. The second-order valence-corrected chi connectivity index (χ2v) is 6.53. The summed E-state index contributed by atoms with van der Waals surface area (Å²) >= 11 is 0. The van der Waals surface area contributed by atoms with Crippen molar-refractivity contribution in [2.75, 3.05) is 5.32 Å². The average Bonchev–Trinajstić information content (AvgIpc) is 2.69. The summed E-state index contributed by atoms with van der Waals surface area (Å²) in [4.78, 5) is 21.4. The molecule has 0 aliphatic rings. The van der Waals surface area contributed by atoms with E-state index in [1.54, 1.807) is 12.4 Å². The molecule has 27 heavy (non-hydrogen) atoms. The topological polar surface area (TPSA) is 64.1 Å². The van der Waals surface area contributed by atoms with Gasteiger partial charge >= 0.3 is 5.97 Å². The predicted molar refractivity (Wildman–Crippen MR) is 106 cm³/mol. The Morgan fingerprint density at radius 2 is 1.63 bits per heavy atom. The molecule has 0 saturated heterocycles. The third-order valence-electron chi connectivity index (χ3n) is 3.96. The Balaban J connectivity index is 1.75. The minimum absolute atomic E-state index is 0.177. The number of carbonyl (C=O) groups is 1. The van der Waals surface area contributed by atoms with E-state index in [0.29, 0.717) is 12.2 Å². The molecular weight excluding hydrogens is 338 g/mol. The van der Waals surface area contributed by atoms with Crippen molar-refractivity contribution in [3.05, 3.63) is 78.6 Å². The van der Waals surface area contributed by atoms with Crippen LogP contribution >= 0.6 is 0 Å². The van der Waals surface area contributed by atoms with Gasteiger partial charge in [-0.2, -0.15) is 0 Å². The van der Waals surface area contributed by atoms with Crippen LogP contribution in [0.1, 0.15) is 19.4 Å². The molecule has 2 aromatic carbocycles. The van der Waals surface area contributed by atoms with Gasteiger partial charge in [0, 0.05) is 12.0 Å². The summed E-state index contributed by atoms with van der Waals surface area (Å²) in [5.74, 6) is 0.235. The summed E-state index contributed by atoms with van der Waals surface area (Å²) < 4.78 is 5.40. The number of hydrogen-bond acceptors (Lipinski definition) is 5. The van der Waals surface area contributed by atoms with Gasteiger partial charge in [-0.1, -0.05) is 60.7 Å². The molecule has 1 N–H and O–H groups in total. The first-order valence-electron chi connectivity index (χ1n) is 9.00. The summed E-state index contributed by atoms with van der Waals surface area (Å²) in [7, 11) is 0. The number of esters is 1. The maximum absolute atomic E-state index is 12.5. The summed E-state index contributed by atoms with van der Waals surface area (Å²) in [5.41, 5.74) is 2.83. The summed E-state index contributed by atoms with van der Waals surface area (Å²) in [6, 6.07) is 19.1. The van der Waals surface area contributed by atoms with Crippen molar-refractivity contribution in [3.63, 3.8) is 0 Å². The fourth-order valence-electron chi connectivity index (χ4n) is 2.70. The molecule has 0 amide bonds. The Morgan fingerprint density at radius 1 is 0.963 bits per heavy atom. The molecule has 3 rings (SSSR count). The molecule has 0 aliphatic carbocycles. The molecule has 0 bridgehead atoms. The zero-order valence-electron chi connectivity index (χ0n) is 15.5. The first-order chi connectivity index (χ1) is 13.1. The molecule has 0 aliphatic heterocycles. The lowest BCUT2D eigenvalue weighted by atomic mass is 10.1. The lowest BCUT2D eigenvalue weighted by Crippen LogP contribution is -2.35. The number of nitrogens with one attached hydrogen (secondary N) is 1. The van der Waals surface area contributed by atoms with Gasteiger partial charge in [0.25, 0.3) is 0 Å². The van der Waals surface area contributed by atoms with Crippen molar-refractivity contribution in [3.8, 4) is 11.3 Å². The molecular formula is C22H23N3O2. The van der Waals surface area contributed by atoms with E-state index in [1.807, 2.05) is 74.5 Å². The van der Waals surface area contributed by atoms with Crippen LogP contribution in [-0.4, -0.2) is 28.1 Å². The molecule has 138 valence electrons. The molecule has 0 saturated carbocycles. The van der Waals surface area contributed by atoms with Crippen LogP contribution in [0.2, 0.25) is 0 Å².